The maximum atomic E-state index is 10.8. The molecule has 0 aliphatic carbocycles. The molecule has 0 fully saturated rings. The highest BCUT2D eigenvalue weighted by Gasteiger charge is 2.03. The molecule has 0 aromatic rings. The Balaban J connectivity index is 0. The van der Waals surface area contributed by atoms with E-state index in [2.05, 4.69) is 22.5 Å². The maximum absolute atomic E-state index is 10.8. The van der Waals surface area contributed by atoms with Crippen LogP contribution in [0.15, 0.2) is 4.99 Å². The molecule has 8 heteroatoms. The number of unbranched alkanes of at least 4 members (excludes halogenated alkanes) is 3. The Kier molecular flexibility index (Phi) is 14.4. The number of halogens is 1. The first-order chi connectivity index (χ1) is 8.49. The molecule has 0 rings (SSSR count). The van der Waals surface area contributed by atoms with Crippen molar-refractivity contribution in [2.45, 2.75) is 39.5 Å². The highest BCUT2D eigenvalue weighted by molar-refractivity contribution is 14.0. The lowest BCUT2D eigenvalue weighted by molar-refractivity contribution is 0.596. The zero-order chi connectivity index (χ0) is 13.9. The van der Waals surface area contributed by atoms with Crippen LogP contribution in [0.2, 0.25) is 0 Å². The summed E-state index contributed by atoms with van der Waals surface area (Å²) in [4.78, 5) is 4.36. The van der Waals surface area contributed by atoms with E-state index in [-0.39, 0.29) is 36.3 Å². The van der Waals surface area contributed by atoms with Gasteiger partial charge in [-0.25, -0.2) is 13.6 Å². The molecule has 0 radical (unpaired) electrons. The number of hydrogen-bond acceptors (Lipinski definition) is 3. The second-order valence-electron chi connectivity index (χ2n) is 4.12. The molecule has 0 saturated heterocycles. The van der Waals surface area contributed by atoms with Gasteiger partial charge in [-0.3, -0.25) is 4.99 Å². The van der Waals surface area contributed by atoms with Gasteiger partial charge in [0.05, 0.1) is 5.75 Å². The van der Waals surface area contributed by atoms with E-state index in [0.29, 0.717) is 5.96 Å². The molecule has 0 heterocycles. The number of primary sulfonamides is 1. The Morgan fingerprint density at radius 3 is 2.37 bits per heavy atom. The smallest absolute Gasteiger partial charge is 0.210 e. The van der Waals surface area contributed by atoms with E-state index in [1.807, 2.05) is 6.92 Å². The minimum Gasteiger partial charge on any atom is -0.357 e. The lowest BCUT2D eigenvalue weighted by Crippen LogP contribution is -2.40. The standard InChI is InChI=1S/C11H26N4O2S.HI/c1-3-5-6-7-8-14-11(13-4-2)15-9-10-18(12,16)17;/h3-10H2,1-2H3,(H2,12,16,17)(H2,13,14,15);1H. The zero-order valence-electron chi connectivity index (χ0n) is 11.8. The number of rotatable bonds is 9. The van der Waals surface area contributed by atoms with Crippen LogP contribution in [0.5, 0.6) is 0 Å². The van der Waals surface area contributed by atoms with Crippen LogP contribution >= 0.6 is 24.0 Å². The van der Waals surface area contributed by atoms with Crippen LogP contribution in [0, 0.1) is 0 Å². The van der Waals surface area contributed by atoms with Gasteiger partial charge in [0.15, 0.2) is 5.96 Å². The maximum Gasteiger partial charge on any atom is 0.210 e. The summed E-state index contributed by atoms with van der Waals surface area (Å²) in [6.07, 6.45) is 4.66. The van der Waals surface area contributed by atoms with Gasteiger partial charge in [0.1, 0.15) is 0 Å². The predicted molar refractivity (Wildman–Crippen MR) is 91.5 cm³/mol. The molecule has 6 nitrogen and oxygen atoms in total. The molecule has 0 saturated carbocycles. The van der Waals surface area contributed by atoms with Gasteiger partial charge < -0.3 is 10.6 Å². The first kappa shape index (κ1) is 21.2. The fourth-order valence-corrected chi connectivity index (χ4v) is 1.77. The third-order valence-electron chi connectivity index (χ3n) is 2.30. The van der Waals surface area contributed by atoms with Crippen LogP contribution in [0.1, 0.15) is 39.5 Å². The summed E-state index contributed by atoms with van der Waals surface area (Å²) >= 11 is 0. The van der Waals surface area contributed by atoms with Crippen molar-refractivity contribution in [1.82, 2.24) is 10.6 Å². The van der Waals surface area contributed by atoms with Crippen LogP contribution in [-0.4, -0.2) is 39.8 Å². The molecular weight excluding hydrogens is 379 g/mol. The minimum absolute atomic E-state index is 0. The van der Waals surface area contributed by atoms with E-state index in [1.54, 1.807) is 0 Å². The van der Waals surface area contributed by atoms with Gasteiger partial charge in [0, 0.05) is 19.6 Å². The molecule has 0 atom stereocenters. The summed E-state index contributed by atoms with van der Waals surface area (Å²) in [6.45, 7) is 5.91. The summed E-state index contributed by atoms with van der Waals surface area (Å²) in [5.74, 6) is 0.561. The number of nitrogens with two attached hydrogens (primary N) is 1. The van der Waals surface area contributed by atoms with Crippen molar-refractivity contribution in [3.05, 3.63) is 0 Å². The second kappa shape index (κ2) is 12.9. The Bertz CT molecular complexity index is 334. The number of nitrogens with zero attached hydrogens (tertiary/aromatic N) is 1. The van der Waals surface area contributed by atoms with Crippen LogP contribution in [0.25, 0.3) is 0 Å². The highest BCUT2D eigenvalue weighted by atomic mass is 127. The van der Waals surface area contributed by atoms with E-state index < -0.39 is 10.0 Å². The molecule has 19 heavy (non-hydrogen) atoms. The first-order valence-electron chi connectivity index (χ1n) is 6.52. The van der Waals surface area contributed by atoms with Gasteiger partial charge in [0.2, 0.25) is 10.0 Å². The molecule has 0 amide bonds. The number of nitrogens with one attached hydrogen (secondary N) is 2. The average molecular weight is 406 g/mol. The summed E-state index contributed by atoms with van der Waals surface area (Å²) < 4.78 is 21.6. The normalized spacial score (nSPS) is 11.8. The van der Waals surface area contributed by atoms with E-state index in [0.717, 1.165) is 19.5 Å². The van der Waals surface area contributed by atoms with Crippen molar-refractivity contribution in [2.24, 2.45) is 10.1 Å². The second-order valence-corrected chi connectivity index (χ2v) is 5.85. The van der Waals surface area contributed by atoms with Gasteiger partial charge in [-0.15, -0.1) is 24.0 Å². The molecule has 116 valence electrons. The largest absolute Gasteiger partial charge is 0.357 e. The molecule has 0 bridgehead atoms. The van der Waals surface area contributed by atoms with Gasteiger partial charge in [-0.05, 0) is 13.3 Å². The van der Waals surface area contributed by atoms with Crippen LogP contribution < -0.4 is 15.8 Å². The van der Waals surface area contributed by atoms with Gasteiger partial charge in [0.25, 0.3) is 0 Å². The average Bonchev–Trinajstić information content (AvgIpc) is 2.27. The lowest BCUT2D eigenvalue weighted by atomic mass is 10.2. The third-order valence-corrected chi connectivity index (χ3v) is 3.08. The predicted octanol–water partition coefficient (Wildman–Crippen LogP) is 1.03. The highest BCUT2D eigenvalue weighted by Crippen LogP contribution is 1.98. The molecule has 0 aliphatic heterocycles. The summed E-state index contributed by atoms with van der Waals surface area (Å²) in [5.41, 5.74) is 0. The molecule has 0 aromatic carbocycles. The van der Waals surface area contributed by atoms with E-state index >= 15 is 0 Å². The molecule has 4 N–H and O–H groups in total. The number of hydrogen-bond donors (Lipinski definition) is 3. The van der Waals surface area contributed by atoms with Crippen LogP contribution in [0.3, 0.4) is 0 Å². The summed E-state index contributed by atoms with van der Waals surface area (Å²) in [7, 11) is -3.41. The number of guanidine groups is 1. The summed E-state index contributed by atoms with van der Waals surface area (Å²) in [6, 6.07) is 0. The van der Waals surface area contributed by atoms with E-state index in [1.165, 1.54) is 19.3 Å². The van der Waals surface area contributed by atoms with Crippen molar-refractivity contribution < 1.29 is 8.42 Å². The van der Waals surface area contributed by atoms with Gasteiger partial charge >= 0.3 is 0 Å². The third kappa shape index (κ3) is 15.9. The lowest BCUT2D eigenvalue weighted by Gasteiger charge is -2.10. The summed E-state index contributed by atoms with van der Waals surface area (Å²) in [5, 5.41) is 10.9. The molecular formula is C11H27IN4O2S. The zero-order valence-corrected chi connectivity index (χ0v) is 15.0. The van der Waals surface area contributed by atoms with E-state index in [4.69, 9.17) is 5.14 Å². The number of sulfonamides is 1. The Labute approximate surface area is 134 Å². The first-order valence-corrected chi connectivity index (χ1v) is 8.23. The van der Waals surface area contributed by atoms with Crippen molar-refractivity contribution in [3.8, 4) is 0 Å². The Hall–Kier alpha value is -0.0900. The number of aliphatic imine (C=N–C) groups is 1. The van der Waals surface area contributed by atoms with Crippen molar-refractivity contribution in [3.63, 3.8) is 0 Å². The van der Waals surface area contributed by atoms with Crippen molar-refractivity contribution >= 4 is 40.0 Å². The Morgan fingerprint density at radius 2 is 1.84 bits per heavy atom. The molecule has 0 unspecified atom stereocenters. The quantitative estimate of drug-likeness (QED) is 0.231. The molecule has 0 spiro atoms. The fraction of sp³-hybridized carbons (Fsp3) is 0.909. The van der Waals surface area contributed by atoms with Crippen LogP contribution in [-0.2, 0) is 10.0 Å². The Morgan fingerprint density at radius 1 is 1.16 bits per heavy atom. The topological polar surface area (TPSA) is 96.6 Å². The van der Waals surface area contributed by atoms with E-state index in [9.17, 15) is 8.42 Å². The monoisotopic (exact) mass is 406 g/mol. The fourth-order valence-electron chi connectivity index (χ4n) is 1.38. The SMILES string of the molecule is CCCCCCN=C(NCC)NCCS(N)(=O)=O.I. The molecule has 0 aliphatic rings. The van der Waals surface area contributed by atoms with Gasteiger partial charge in [-0.2, -0.15) is 0 Å². The molecule has 0 aromatic heterocycles. The van der Waals surface area contributed by atoms with Crippen LogP contribution in [0.4, 0.5) is 0 Å². The van der Waals surface area contributed by atoms with Crippen molar-refractivity contribution in [2.75, 3.05) is 25.4 Å². The van der Waals surface area contributed by atoms with Crippen molar-refractivity contribution in [1.29, 1.82) is 0 Å². The minimum atomic E-state index is -3.41. The van der Waals surface area contributed by atoms with Gasteiger partial charge in [-0.1, -0.05) is 26.2 Å².